The molecule has 2 N–H and O–H groups in total. The monoisotopic (exact) mass is 284 g/mol. The smallest absolute Gasteiger partial charge is 0.238 e. The number of likely N-dealkylation sites (N-methyl/N-ethyl adjacent to an activating group) is 1. The van der Waals surface area contributed by atoms with Crippen LogP contribution in [0.15, 0.2) is 30.5 Å². The minimum Gasteiger partial charge on any atom is -0.328 e. The third-order valence-electron chi connectivity index (χ3n) is 3.77. The number of aryl methyl sites for hydroxylation is 1. The van der Waals surface area contributed by atoms with Gasteiger partial charge in [0.05, 0.1) is 6.54 Å². The largest absolute Gasteiger partial charge is 0.328 e. The normalized spacial score (nSPS) is 13.8. The van der Waals surface area contributed by atoms with Gasteiger partial charge in [-0.15, -0.1) is 0 Å². The number of benzene rings is 1. The molecule has 0 unspecified atom stereocenters. The van der Waals surface area contributed by atoms with Crippen molar-refractivity contribution in [1.82, 2.24) is 14.9 Å². The van der Waals surface area contributed by atoms with Crippen LogP contribution < -0.4 is 10.6 Å². The molecule has 110 valence electrons. The van der Waals surface area contributed by atoms with Crippen molar-refractivity contribution in [1.29, 1.82) is 0 Å². The molecule has 5 nitrogen and oxygen atoms in total. The van der Waals surface area contributed by atoms with Crippen LogP contribution in [0.3, 0.4) is 0 Å². The zero-order chi connectivity index (χ0) is 14.7. The molecule has 0 saturated heterocycles. The van der Waals surface area contributed by atoms with Gasteiger partial charge in [0.25, 0.3) is 0 Å². The van der Waals surface area contributed by atoms with Crippen LogP contribution >= 0.6 is 0 Å². The van der Waals surface area contributed by atoms with E-state index in [1.807, 2.05) is 30.5 Å². The van der Waals surface area contributed by atoms with E-state index >= 15 is 0 Å². The highest BCUT2D eigenvalue weighted by Gasteiger charge is 2.15. The number of imidazole rings is 1. The summed E-state index contributed by atoms with van der Waals surface area (Å²) in [5, 5.41) is 5.68. The van der Waals surface area contributed by atoms with Crippen molar-refractivity contribution < 1.29 is 4.79 Å². The van der Waals surface area contributed by atoms with E-state index in [0.717, 1.165) is 30.0 Å². The van der Waals surface area contributed by atoms with Gasteiger partial charge in [0, 0.05) is 29.7 Å². The Kier molecular flexibility index (Phi) is 4.01. The Morgan fingerprint density at radius 2 is 2.10 bits per heavy atom. The van der Waals surface area contributed by atoms with Crippen LogP contribution in [0.2, 0.25) is 0 Å². The first-order valence-corrected chi connectivity index (χ1v) is 7.37. The number of fused-ring (bicyclic) bond motifs is 1. The van der Waals surface area contributed by atoms with Gasteiger partial charge < -0.3 is 15.2 Å². The van der Waals surface area contributed by atoms with Crippen LogP contribution in [0.5, 0.6) is 0 Å². The highest BCUT2D eigenvalue weighted by atomic mass is 16.1. The molecule has 1 amide bonds. The lowest BCUT2D eigenvalue weighted by atomic mass is 10.1. The lowest BCUT2D eigenvalue weighted by Crippen LogP contribution is -2.24. The van der Waals surface area contributed by atoms with Crippen molar-refractivity contribution in [2.24, 2.45) is 0 Å². The van der Waals surface area contributed by atoms with E-state index in [4.69, 9.17) is 0 Å². The molecular formula is C16H20N4O. The summed E-state index contributed by atoms with van der Waals surface area (Å²) in [4.78, 5) is 16.1. The second-order valence-electron chi connectivity index (χ2n) is 5.34. The fourth-order valence-corrected chi connectivity index (χ4v) is 2.73. The lowest BCUT2D eigenvalue weighted by molar-refractivity contribution is -0.115. The topological polar surface area (TPSA) is 59.0 Å². The SMILES string of the molecule is CNCC(=O)Nc1ccc(-c2ncc3n2CCCC3)cc1. The number of aromatic nitrogens is 2. The van der Waals surface area contributed by atoms with E-state index in [1.165, 1.54) is 18.5 Å². The van der Waals surface area contributed by atoms with Gasteiger partial charge in [-0.3, -0.25) is 4.79 Å². The molecule has 1 aliphatic heterocycles. The predicted molar refractivity (Wildman–Crippen MR) is 83.2 cm³/mol. The summed E-state index contributed by atoms with van der Waals surface area (Å²) in [6.07, 6.45) is 5.57. The molecular weight excluding hydrogens is 264 g/mol. The molecule has 2 aromatic rings. The highest BCUT2D eigenvalue weighted by Crippen LogP contribution is 2.25. The molecule has 0 bridgehead atoms. The van der Waals surface area contributed by atoms with Crippen LogP contribution in [0.1, 0.15) is 18.5 Å². The third kappa shape index (κ3) is 2.97. The Morgan fingerprint density at radius 1 is 1.29 bits per heavy atom. The molecule has 0 spiro atoms. The first kappa shape index (κ1) is 13.8. The van der Waals surface area contributed by atoms with Crippen LogP contribution in [-0.4, -0.2) is 29.1 Å². The van der Waals surface area contributed by atoms with Crippen LogP contribution in [0.4, 0.5) is 5.69 Å². The molecule has 3 rings (SSSR count). The number of nitrogens with zero attached hydrogens (tertiary/aromatic N) is 2. The quantitative estimate of drug-likeness (QED) is 0.903. The first-order valence-electron chi connectivity index (χ1n) is 7.37. The van der Waals surface area contributed by atoms with Crippen molar-refractivity contribution in [3.8, 4) is 11.4 Å². The fourth-order valence-electron chi connectivity index (χ4n) is 2.73. The number of hydrogen-bond acceptors (Lipinski definition) is 3. The minimum atomic E-state index is -0.0385. The van der Waals surface area contributed by atoms with Gasteiger partial charge in [-0.05, 0) is 50.6 Å². The van der Waals surface area contributed by atoms with E-state index in [2.05, 4.69) is 20.2 Å². The average Bonchev–Trinajstić information content (AvgIpc) is 2.92. The number of carbonyl (C=O) groups is 1. The van der Waals surface area contributed by atoms with Crippen molar-refractivity contribution in [3.63, 3.8) is 0 Å². The third-order valence-corrected chi connectivity index (χ3v) is 3.77. The highest BCUT2D eigenvalue weighted by molar-refractivity contribution is 5.92. The zero-order valence-corrected chi connectivity index (χ0v) is 12.2. The van der Waals surface area contributed by atoms with Crippen molar-refractivity contribution >= 4 is 11.6 Å². The summed E-state index contributed by atoms with van der Waals surface area (Å²) >= 11 is 0. The Labute approximate surface area is 124 Å². The summed E-state index contributed by atoms with van der Waals surface area (Å²) in [5.41, 5.74) is 3.22. The number of nitrogens with one attached hydrogen (secondary N) is 2. The van der Waals surface area contributed by atoms with E-state index in [0.29, 0.717) is 6.54 Å². The number of rotatable bonds is 4. The summed E-state index contributed by atoms with van der Waals surface area (Å²) in [5.74, 6) is 0.987. The molecule has 5 heteroatoms. The maximum atomic E-state index is 11.5. The molecule has 0 aliphatic carbocycles. The van der Waals surface area contributed by atoms with Gasteiger partial charge >= 0.3 is 0 Å². The Morgan fingerprint density at radius 3 is 2.86 bits per heavy atom. The van der Waals surface area contributed by atoms with Gasteiger partial charge in [-0.1, -0.05) is 0 Å². The van der Waals surface area contributed by atoms with Crippen molar-refractivity contribution in [2.45, 2.75) is 25.8 Å². The van der Waals surface area contributed by atoms with Gasteiger partial charge in [0.2, 0.25) is 5.91 Å². The summed E-state index contributed by atoms with van der Waals surface area (Å²) in [6.45, 7) is 1.36. The lowest BCUT2D eigenvalue weighted by Gasteiger charge is -2.16. The number of anilines is 1. The van der Waals surface area contributed by atoms with Gasteiger partial charge in [0.1, 0.15) is 5.82 Å². The summed E-state index contributed by atoms with van der Waals surface area (Å²) in [6, 6.07) is 7.87. The molecule has 0 atom stereocenters. The Hall–Kier alpha value is -2.14. The number of hydrogen-bond donors (Lipinski definition) is 2. The molecule has 2 heterocycles. The maximum Gasteiger partial charge on any atom is 0.238 e. The van der Waals surface area contributed by atoms with Crippen LogP contribution in [0.25, 0.3) is 11.4 Å². The molecule has 1 aromatic carbocycles. The van der Waals surface area contributed by atoms with Crippen LogP contribution in [-0.2, 0) is 17.8 Å². The second kappa shape index (κ2) is 6.10. The average molecular weight is 284 g/mol. The fraction of sp³-hybridized carbons (Fsp3) is 0.375. The predicted octanol–water partition coefficient (Wildman–Crippen LogP) is 2.04. The maximum absolute atomic E-state index is 11.5. The summed E-state index contributed by atoms with van der Waals surface area (Å²) < 4.78 is 2.30. The Bertz CT molecular complexity index is 630. The van der Waals surface area contributed by atoms with E-state index in [1.54, 1.807) is 7.05 Å². The molecule has 0 fully saturated rings. The molecule has 21 heavy (non-hydrogen) atoms. The molecule has 0 saturated carbocycles. The van der Waals surface area contributed by atoms with E-state index in [-0.39, 0.29) is 5.91 Å². The van der Waals surface area contributed by atoms with Crippen LogP contribution in [0, 0.1) is 0 Å². The number of carbonyl (C=O) groups excluding carboxylic acids is 1. The van der Waals surface area contributed by atoms with Gasteiger partial charge in [-0.25, -0.2) is 4.98 Å². The second-order valence-corrected chi connectivity index (χ2v) is 5.34. The van der Waals surface area contributed by atoms with Gasteiger partial charge in [-0.2, -0.15) is 0 Å². The molecule has 1 aliphatic rings. The minimum absolute atomic E-state index is 0.0385. The standard InChI is InChI=1S/C16H20N4O/c1-17-11-15(21)19-13-7-5-12(6-8-13)16-18-10-14-4-2-3-9-20(14)16/h5-8,10,17H,2-4,9,11H2,1H3,(H,19,21). The van der Waals surface area contributed by atoms with Crippen molar-refractivity contribution in [2.75, 3.05) is 18.9 Å². The molecule has 1 aromatic heterocycles. The summed E-state index contributed by atoms with van der Waals surface area (Å²) in [7, 11) is 1.75. The molecule has 0 radical (unpaired) electrons. The number of amides is 1. The van der Waals surface area contributed by atoms with Gasteiger partial charge in [0.15, 0.2) is 0 Å². The van der Waals surface area contributed by atoms with Crippen molar-refractivity contribution in [3.05, 3.63) is 36.2 Å². The first-order chi connectivity index (χ1) is 10.3. The Balaban J connectivity index is 1.78. The zero-order valence-electron chi connectivity index (χ0n) is 12.2. The van der Waals surface area contributed by atoms with E-state index < -0.39 is 0 Å². The van der Waals surface area contributed by atoms with E-state index in [9.17, 15) is 4.79 Å².